The minimum Gasteiger partial charge on any atom is -0.369 e. The van der Waals surface area contributed by atoms with Gasteiger partial charge in [0.1, 0.15) is 22.3 Å². The fourth-order valence-electron chi connectivity index (χ4n) is 3.68. The summed E-state index contributed by atoms with van der Waals surface area (Å²) in [5, 5.41) is 7.03. The molecule has 0 bridgehead atoms. The van der Waals surface area contributed by atoms with Crippen molar-refractivity contribution in [2.75, 3.05) is 28.6 Å². The lowest BCUT2D eigenvalue weighted by Crippen LogP contribution is -2.39. The normalized spacial score (nSPS) is 14.2. The third-order valence-electron chi connectivity index (χ3n) is 5.47. The van der Waals surface area contributed by atoms with Crippen LogP contribution in [0.2, 0.25) is 5.02 Å². The number of halogens is 1. The average Bonchev–Trinajstić information content (AvgIpc) is 3.24. The van der Waals surface area contributed by atoms with Gasteiger partial charge in [-0.3, -0.25) is 9.59 Å². The van der Waals surface area contributed by atoms with Gasteiger partial charge in [0.25, 0.3) is 5.91 Å². The van der Waals surface area contributed by atoms with Gasteiger partial charge in [-0.1, -0.05) is 35.1 Å². The van der Waals surface area contributed by atoms with E-state index in [0.717, 1.165) is 11.4 Å². The first kappa shape index (κ1) is 22.9. The quantitative estimate of drug-likeness (QED) is 0.483. The maximum Gasteiger partial charge on any atom is 0.267 e. The number of piperidine rings is 1. The summed E-state index contributed by atoms with van der Waals surface area (Å²) in [6, 6.07) is 7.29. The number of carbonyl (C=O) groups is 2. The van der Waals surface area contributed by atoms with Crippen molar-refractivity contribution in [3.63, 3.8) is 0 Å². The first-order chi connectivity index (χ1) is 15.8. The zero-order valence-corrected chi connectivity index (χ0v) is 19.8. The third-order valence-corrected chi connectivity index (χ3v) is 6.70. The third kappa shape index (κ3) is 5.40. The van der Waals surface area contributed by atoms with Gasteiger partial charge in [0, 0.05) is 25.1 Å². The maximum atomic E-state index is 12.7. The van der Waals surface area contributed by atoms with Crippen LogP contribution in [0.4, 0.5) is 22.5 Å². The van der Waals surface area contributed by atoms with Gasteiger partial charge in [-0.15, -0.1) is 0 Å². The van der Waals surface area contributed by atoms with Crippen LogP contribution in [0.15, 0.2) is 30.5 Å². The van der Waals surface area contributed by atoms with Crippen molar-refractivity contribution in [3.8, 4) is 0 Å². The molecule has 0 spiro atoms. The summed E-state index contributed by atoms with van der Waals surface area (Å²) in [5.41, 5.74) is 6.90. The molecule has 1 aliphatic heterocycles. The molecule has 2 aromatic heterocycles. The average molecular weight is 486 g/mol. The molecule has 0 radical (unpaired) electrons. The van der Waals surface area contributed by atoms with E-state index >= 15 is 0 Å². The number of carbonyl (C=O) groups excluding carboxylic acids is 2. The van der Waals surface area contributed by atoms with Crippen molar-refractivity contribution in [3.05, 3.63) is 51.7 Å². The Bertz CT molecular complexity index is 1170. The summed E-state index contributed by atoms with van der Waals surface area (Å²) in [6.07, 6.45) is 2.92. The van der Waals surface area contributed by atoms with Crippen LogP contribution >= 0.6 is 22.9 Å². The lowest BCUT2D eigenvalue weighted by Gasteiger charge is -2.31. The number of aromatic nitrogens is 3. The van der Waals surface area contributed by atoms with Crippen LogP contribution in [-0.2, 0) is 4.79 Å². The largest absolute Gasteiger partial charge is 0.369 e. The maximum absolute atomic E-state index is 12.7. The van der Waals surface area contributed by atoms with Crippen LogP contribution < -0.4 is 21.3 Å². The van der Waals surface area contributed by atoms with E-state index in [1.54, 1.807) is 6.07 Å². The summed E-state index contributed by atoms with van der Waals surface area (Å²) in [4.78, 5) is 39.9. The van der Waals surface area contributed by atoms with Gasteiger partial charge in [0.2, 0.25) is 5.91 Å². The predicted molar refractivity (Wildman–Crippen MR) is 130 cm³/mol. The highest BCUT2D eigenvalue weighted by atomic mass is 35.5. The number of para-hydroxylation sites is 1. The molecular weight excluding hydrogens is 462 g/mol. The molecule has 2 amide bonds. The van der Waals surface area contributed by atoms with Crippen molar-refractivity contribution >= 4 is 57.2 Å². The monoisotopic (exact) mass is 485 g/mol. The van der Waals surface area contributed by atoms with Crippen LogP contribution in [0.5, 0.6) is 0 Å². The lowest BCUT2D eigenvalue weighted by molar-refractivity contribution is -0.122. The van der Waals surface area contributed by atoms with Crippen molar-refractivity contribution < 1.29 is 9.59 Å². The second-order valence-corrected chi connectivity index (χ2v) is 9.30. The van der Waals surface area contributed by atoms with Crippen LogP contribution in [0, 0.1) is 19.8 Å². The topological polar surface area (TPSA) is 126 Å². The second-order valence-electron chi connectivity index (χ2n) is 7.86. The van der Waals surface area contributed by atoms with Gasteiger partial charge in [-0.05, 0) is 38.3 Å². The molecule has 11 heteroatoms. The van der Waals surface area contributed by atoms with Gasteiger partial charge in [-0.25, -0.2) is 15.0 Å². The first-order valence-electron chi connectivity index (χ1n) is 10.5. The molecule has 172 valence electrons. The number of hydrogen-bond acceptors (Lipinski definition) is 8. The minimum absolute atomic E-state index is 0.0868. The van der Waals surface area contributed by atoms with Crippen molar-refractivity contribution in [1.82, 2.24) is 15.0 Å². The van der Waals surface area contributed by atoms with E-state index in [1.807, 2.05) is 32.0 Å². The van der Waals surface area contributed by atoms with Gasteiger partial charge in [0.05, 0.1) is 16.9 Å². The molecule has 9 nitrogen and oxygen atoms in total. The fraction of sp³-hybridized carbons (Fsp3) is 0.318. The summed E-state index contributed by atoms with van der Waals surface area (Å²) >= 11 is 7.43. The predicted octanol–water partition coefficient (Wildman–Crippen LogP) is 3.90. The molecule has 4 N–H and O–H groups in total. The van der Waals surface area contributed by atoms with E-state index in [0.29, 0.717) is 58.3 Å². The van der Waals surface area contributed by atoms with Gasteiger partial charge < -0.3 is 21.3 Å². The molecule has 1 saturated heterocycles. The Morgan fingerprint density at radius 3 is 2.67 bits per heavy atom. The van der Waals surface area contributed by atoms with E-state index < -0.39 is 0 Å². The molecule has 1 aromatic carbocycles. The summed E-state index contributed by atoms with van der Waals surface area (Å²) in [5.74, 6) is 1.35. The molecule has 0 atom stereocenters. The number of nitrogens with two attached hydrogens (primary N) is 1. The van der Waals surface area contributed by atoms with E-state index in [1.165, 1.54) is 17.5 Å². The number of thiazole rings is 1. The zero-order valence-electron chi connectivity index (χ0n) is 18.3. The molecule has 1 fully saturated rings. The summed E-state index contributed by atoms with van der Waals surface area (Å²) in [7, 11) is 0. The SMILES string of the molecule is Cc1nc(Nc2ncc(C(=O)Nc3c(C)cccc3Cl)s2)cc(N2CCC(C(N)=O)CC2)n1. The Kier molecular flexibility index (Phi) is 6.75. The molecule has 0 aliphatic carbocycles. The van der Waals surface area contributed by atoms with E-state index in [4.69, 9.17) is 17.3 Å². The molecule has 1 aliphatic rings. The number of rotatable bonds is 6. The molecule has 0 saturated carbocycles. The van der Waals surface area contributed by atoms with Crippen molar-refractivity contribution in [1.29, 1.82) is 0 Å². The lowest BCUT2D eigenvalue weighted by atomic mass is 9.96. The molecule has 3 heterocycles. The number of nitrogens with zero attached hydrogens (tertiary/aromatic N) is 4. The number of anilines is 4. The molecule has 4 rings (SSSR count). The van der Waals surface area contributed by atoms with Gasteiger partial charge in [0.15, 0.2) is 5.13 Å². The molecule has 0 unspecified atom stereocenters. The Morgan fingerprint density at radius 1 is 1.21 bits per heavy atom. The van der Waals surface area contributed by atoms with E-state index in [9.17, 15) is 9.59 Å². The molecule has 33 heavy (non-hydrogen) atoms. The minimum atomic E-state index is -0.284. The van der Waals surface area contributed by atoms with Crippen LogP contribution in [0.25, 0.3) is 0 Å². The molecule has 3 aromatic rings. The van der Waals surface area contributed by atoms with Crippen molar-refractivity contribution in [2.24, 2.45) is 11.7 Å². The van der Waals surface area contributed by atoms with Crippen LogP contribution in [-0.4, -0.2) is 39.9 Å². The zero-order chi connectivity index (χ0) is 23.5. The van der Waals surface area contributed by atoms with Gasteiger partial charge in [-0.2, -0.15) is 0 Å². The Labute approximate surface area is 200 Å². The molecular formula is C22H24ClN7O2S. The van der Waals surface area contributed by atoms with E-state index in [-0.39, 0.29) is 17.7 Å². The number of primary amides is 1. The number of benzene rings is 1. The van der Waals surface area contributed by atoms with Crippen LogP contribution in [0.1, 0.15) is 33.9 Å². The number of hydrogen-bond donors (Lipinski definition) is 3. The number of amides is 2. The highest BCUT2D eigenvalue weighted by Gasteiger charge is 2.24. The Morgan fingerprint density at radius 2 is 1.97 bits per heavy atom. The van der Waals surface area contributed by atoms with Gasteiger partial charge >= 0.3 is 0 Å². The van der Waals surface area contributed by atoms with E-state index in [2.05, 4.69) is 30.5 Å². The first-order valence-corrected chi connectivity index (χ1v) is 11.7. The van der Waals surface area contributed by atoms with Crippen molar-refractivity contribution in [2.45, 2.75) is 26.7 Å². The fourth-order valence-corrected chi connectivity index (χ4v) is 4.67. The standard InChI is InChI=1S/C22H24ClN7O2S/c1-12-4-3-5-15(23)19(12)29-21(32)16-11-25-22(33-16)28-17-10-18(27-13(2)26-17)30-8-6-14(7-9-30)20(24)31/h3-5,10-11,14H,6-9H2,1-2H3,(H2,24,31)(H,29,32)(H,25,26,27,28). The Balaban J connectivity index is 1.45. The summed E-state index contributed by atoms with van der Waals surface area (Å²) in [6.45, 7) is 5.10. The second kappa shape index (κ2) is 9.72. The van der Waals surface area contributed by atoms with Crippen LogP contribution in [0.3, 0.4) is 0 Å². The smallest absolute Gasteiger partial charge is 0.267 e. The summed E-state index contributed by atoms with van der Waals surface area (Å²) < 4.78 is 0. The highest BCUT2D eigenvalue weighted by molar-refractivity contribution is 7.17. The number of aryl methyl sites for hydroxylation is 2. The Hall–Kier alpha value is -3.24. The number of nitrogens with one attached hydrogen (secondary N) is 2. The highest BCUT2D eigenvalue weighted by Crippen LogP contribution is 2.29.